The molecule has 0 fully saturated rings. The summed E-state index contributed by atoms with van der Waals surface area (Å²) in [5, 5.41) is 11.4. The molecular formula is C6H13F2NO. The Morgan fingerprint density at radius 1 is 1.50 bits per heavy atom. The Labute approximate surface area is 59.2 Å². The molecule has 0 saturated carbocycles. The average Bonchev–Trinajstić information content (AvgIpc) is 1.59. The van der Waals surface area contributed by atoms with Gasteiger partial charge in [0, 0.05) is 6.54 Å². The molecule has 0 aromatic heterocycles. The Bertz CT molecular complexity index is 90.2. The molecule has 0 aliphatic rings. The van der Waals surface area contributed by atoms with E-state index < -0.39 is 12.0 Å². The van der Waals surface area contributed by atoms with Gasteiger partial charge in [-0.3, -0.25) is 0 Å². The van der Waals surface area contributed by atoms with E-state index in [0.29, 0.717) is 0 Å². The summed E-state index contributed by atoms with van der Waals surface area (Å²) in [6, 6.07) is 0. The zero-order valence-corrected chi connectivity index (χ0v) is 6.19. The van der Waals surface area contributed by atoms with Crippen LogP contribution in [0, 0.1) is 0 Å². The van der Waals surface area contributed by atoms with Crippen molar-refractivity contribution in [1.82, 2.24) is 5.32 Å². The molecule has 0 aliphatic heterocycles. The van der Waals surface area contributed by atoms with Crippen molar-refractivity contribution in [3.63, 3.8) is 0 Å². The number of aliphatic hydroxyl groups is 1. The topological polar surface area (TPSA) is 32.3 Å². The number of halogens is 2. The van der Waals surface area contributed by atoms with Crippen LogP contribution in [0.1, 0.15) is 13.8 Å². The molecule has 10 heavy (non-hydrogen) atoms. The minimum Gasteiger partial charge on any atom is -0.389 e. The van der Waals surface area contributed by atoms with Crippen molar-refractivity contribution in [1.29, 1.82) is 0 Å². The van der Waals surface area contributed by atoms with Crippen LogP contribution >= 0.6 is 0 Å². The lowest BCUT2D eigenvalue weighted by atomic mass is 10.1. The van der Waals surface area contributed by atoms with E-state index in [1.807, 2.05) is 0 Å². The van der Waals surface area contributed by atoms with Gasteiger partial charge in [0.05, 0.1) is 12.1 Å². The molecule has 0 saturated heterocycles. The summed E-state index contributed by atoms with van der Waals surface area (Å²) >= 11 is 0. The molecular weight excluding hydrogens is 140 g/mol. The predicted molar refractivity (Wildman–Crippen MR) is 35.2 cm³/mol. The second kappa shape index (κ2) is 3.83. The Balaban J connectivity index is 3.21. The van der Waals surface area contributed by atoms with Crippen LogP contribution in [0.25, 0.3) is 0 Å². The average molecular weight is 153 g/mol. The highest BCUT2D eigenvalue weighted by molar-refractivity contribution is 4.68. The third kappa shape index (κ3) is 7.78. The van der Waals surface area contributed by atoms with E-state index in [1.54, 1.807) is 13.8 Å². The number of alkyl halides is 2. The Morgan fingerprint density at radius 2 is 2.00 bits per heavy atom. The summed E-state index contributed by atoms with van der Waals surface area (Å²) in [6.07, 6.45) is -2.35. The monoisotopic (exact) mass is 153 g/mol. The molecule has 62 valence electrons. The van der Waals surface area contributed by atoms with Crippen LogP contribution in [0.3, 0.4) is 0 Å². The standard InChI is InChI=1S/C6H13F2NO/c1-6(2,10)4-9-3-5(7)8/h5,9-10H,3-4H2,1-2H3. The second-order valence-electron chi connectivity index (χ2n) is 2.83. The molecule has 0 heterocycles. The summed E-state index contributed by atoms with van der Waals surface area (Å²) in [5.74, 6) is 0. The van der Waals surface area contributed by atoms with Gasteiger partial charge in [0.25, 0.3) is 6.43 Å². The minimum absolute atomic E-state index is 0.192. The molecule has 0 spiro atoms. The quantitative estimate of drug-likeness (QED) is 0.620. The van der Waals surface area contributed by atoms with Crippen molar-refractivity contribution in [2.45, 2.75) is 25.9 Å². The number of hydrogen-bond donors (Lipinski definition) is 2. The van der Waals surface area contributed by atoms with Crippen molar-refractivity contribution in [2.75, 3.05) is 13.1 Å². The number of nitrogens with one attached hydrogen (secondary N) is 1. The Hall–Kier alpha value is -0.220. The predicted octanol–water partition coefficient (Wildman–Crippen LogP) is 0.612. The summed E-state index contributed by atoms with van der Waals surface area (Å²) in [4.78, 5) is 0. The van der Waals surface area contributed by atoms with Gasteiger partial charge in [-0.25, -0.2) is 8.78 Å². The lowest BCUT2D eigenvalue weighted by Crippen LogP contribution is -2.36. The fraction of sp³-hybridized carbons (Fsp3) is 1.00. The maximum absolute atomic E-state index is 11.5. The van der Waals surface area contributed by atoms with Crippen LogP contribution < -0.4 is 5.32 Å². The summed E-state index contributed by atoms with van der Waals surface area (Å²) in [5.41, 5.74) is -0.908. The lowest BCUT2D eigenvalue weighted by molar-refractivity contribution is 0.0708. The molecule has 0 unspecified atom stereocenters. The van der Waals surface area contributed by atoms with Crippen molar-refractivity contribution in [3.8, 4) is 0 Å². The van der Waals surface area contributed by atoms with Gasteiger partial charge in [-0.05, 0) is 13.8 Å². The SMILES string of the molecule is CC(C)(O)CNCC(F)F. The zero-order valence-electron chi connectivity index (χ0n) is 6.19. The van der Waals surface area contributed by atoms with Gasteiger partial charge in [-0.15, -0.1) is 0 Å². The Morgan fingerprint density at radius 3 is 2.30 bits per heavy atom. The van der Waals surface area contributed by atoms with Crippen molar-refractivity contribution < 1.29 is 13.9 Å². The maximum Gasteiger partial charge on any atom is 0.250 e. The van der Waals surface area contributed by atoms with Gasteiger partial charge in [-0.2, -0.15) is 0 Å². The summed E-state index contributed by atoms with van der Waals surface area (Å²) in [7, 11) is 0. The van der Waals surface area contributed by atoms with Gasteiger partial charge < -0.3 is 10.4 Å². The van der Waals surface area contributed by atoms with E-state index in [2.05, 4.69) is 5.32 Å². The Kier molecular flexibility index (Phi) is 3.75. The van der Waals surface area contributed by atoms with Crippen LogP contribution in [0.2, 0.25) is 0 Å². The van der Waals surface area contributed by atoms with Crippen LogP contribution in [-0.2, 0) is 0 Å². The molecule has 0 bridgehead atoms. The largest absolute Gasteiger partial charge is 0.389 e. The van der Waals surface area contributed by atoms with Crippen LogP contribution in [-0.4, -0.2) is 30.2 Å². The van der Waals surface area contributed by atoms with Gasteiger partial charge in [-0.1, -0.05) is 0 Å². The molecule has 4 heteroatoms. The molecule has 0 radical (unpaired) electrons. The number of hydrogen-bond acceptors (Lipinski definition) is 2. The van der Waals surface area contributed by atoms with E-state index in [-0.39, 0.29) is 13.1 Å². The molecule has 2 N–H and O–H groups in total. The van der Waals surface area contributed by atoms with Gasteiger partial charge in [0.15, 0.2) is 0 Å². The summed E-state index contributed by atoms with van der Waals surface area (Å²) in [6.45, 7) is 2.96. The minimum atomic E-state index is -2.35. The molecule has 0 amide bonds. The smallest absolute Gasteiger partial charge is 0.250 e. The van der Waals surface area contributed by atoms with E-state index in [4.69, 9.17) is 5.11 Å². The maximum atomic E-state index is 11.5. The van der Waals surface area contributed by atoms with Gasteiger partial charge >= 0.3 is 0 Å². The first-order valence-electron chi connectivity index (χ1n) is 3.13. The molecule has 0 aromatic rings. The fourth-order valence-electron chi connectivity index (χ4n) is 0.487. The van der Waals surface area contributed by atoms with Gasteiger partial charge in [0.1, 0.15) is 0 Å². The third-order valence-corrected chi connectivity index (χ3v) is 0.856. The molecule has 0 atom stereocenters. The second-order valence-corrected chi connectivity index (χ2v) is 2.83. The highest BCUT2D eigenvalue weighted by Gasteiger charge is 2.12. The first-order valence-corrected chi connectivity index (χ1v) is 3.13. The van der Waals surface area contributed by atoms with Crippen LogP contribution in [0.4, 0.5) is 8.78 Å². The molecule has 0 rings (SSSR count). The van der Waals surface area contributed by atoms with E-state index in [9.17, 15) is 8.78 Å². The third-order valence-electron chi connectivity index (χ3n) is 0.856. The highest BCUT2D eigenvalue weighted by Crippen LogP contribution is 1.97. The van der Waals surface area contributed by atoms with E-state index >= 15 is 0 Å². The van der Waals surface area contributed by atoms with Crippen molar-refractivity contribution in [3.05, 3.63) is 0 Å². The summed E-state index contributed by atoms with van der Waals surface area (Å²) < 4.78 is 22.9. The lowest BCUT2D eigenvalue weighted by Gasteiger charge is -2.17. The highest BCUT2D eigenvalue weighted by atomic mass is 19.3. The number of rotatable bonds is 4. The van der Waals surface area contributed by atoms with Crippen LogP contribution in [0.15, 0.2) is 0 Å². The fourth-order valence-corrected chi connectivity index (χ4v) is 0.487. The van der Waals surface area contributed by atoms with E-state index in [0.717, 1.165) is 0 Å². The van der Waals surface area contributed by atoms with Crippen molar-refractivity contribution in [2.24, 2.45) is 0 Å². The van der Waals surface area contributed by atoms with Crippen LogP contribution in [0.5, 0.6) is 0 Å². The molecule has 0 aromatic carbocycles. The van der Waals surface area contributed by atoms with Crippen molar-refractivity contribution >= 4 is 0 Å². The normalized spacial score (nSPS) is 12.6. The molecule has 2 nitrogen and oxygen atoms in total. The molecule has 0 aliphatic carbocycles. The first-order chi connectivity index (χ1) is 4.42. The van der Waals surface area contributed by atoms with Gasteiger partial charge in [0.2, 0.25) is 0 Å². The zero-order chi connectivity index (χ0) is 8.20. The van der Waals surface area contributed by atoms with E-state index in [1.165, 1.54) is 0 Å². The first kappa shape index (κ1) is 9.78.